The van der Waals surface area contributed by atoms with Gasteiger partial charge in [-0.15, -0.1) is 11.3 Å². The summed E-state index contributed by atoms with van der Waals surface area (Å²) in [7, 11) is 0. The van der Waals surface area contributed by atoms with Gasteiger partial charge in [0.05, 0.1) is 5.52 Å². The number of fused-ring (bicyclic) bond motifs is 1. The predicted octanol–water partition coefficient (Wildman–Crippen LogP) is 5.59. The third-order valence-corrected chi connectivity index (χ3v) is 5.36. The van der Waals surface area contributed by atoms with Crippen molar-refractivity contribution in [2.45, 2.75) is 19.8 Å². The lowest BCUT2D eigenvalue weighted by Gasteiger charge is -2.06. The summed E-state index contributed by atoms with van der Waals surface area (Å²) in [5.74, 6) is -2.08. The fourth-order valence-electron chi connectivity index (χ4n) is 3.23. The molecule has 2 N–H and O–H groups in total. The Bertz CT molecular complexity index is 1200. The minimum Gasteiger partial charge on any atom is -0.352 e. The zero-order valence-corrected chi connectivity index (χ0v) is 16.2. The van der Waals surface area contributed by atoms with Gasteiger partial charge >= 0.3 is 0 Å². The Kier molecular flexibility index (Phi) is 5.10. The summed E-state index contributed by atoms with van der Waals surface area (Å²) in [6.07, 6.45) is 2.00. The van der Waals surface area contributed by atoms with Crippen molar-refractivity contribution in [3.63, 3.8) is 0 Å². The van der Waals surface area contributed by atoms with Gasteiger partial charge in [0.2, 0.25) is 5.91 Å². The SMILES string of the molecule is Cc1cnc(NC(=O)CCc2c(-c3ccc(F)cc3)[nH]c3c(F)cc(F)cc23)s1. The van der Waals surface area contributed by atoms with Crippen molar-refractivity contribution in [2.24, 2.45) is 0 Å². The summed E-state index contributed by atoms with van der Waals surface area (Å²) in [4.78, 5) is 20.4. The third-order valence-electron chi connectivity index (χ3n) is 4.53. The lowest BCUT2D eigenvalue weighted by molar-refractivity contribution is -0.116. The highest BCUT2D eigenvalue weighted by Gasteiger charge is 2.18. The number of aryl methyl sites for hydroxylation is 2. The van der Waals surface area contributed by atoms with E-state index in [2.05, 4.69) is 15.3 Å². The summed E-state index contributed by atoms with van der Waals surface area (Å²) in [5, 5.41) is 3.59. The van der Waals surface area contributed by atoms with Crippen LogP contribution >= 0.6 is 11.3 Å². The molecule has 0 spiro atoms. The minimum absolute atomic E-state index is 0.0951. The second-order valence-electron chi connectivity index (χ2n) is 6.62. The maximum absolute atomic E-state index is 14.3. The molecule has 0 aliphatic carbocycles. The number of thiazole rings is 1. The molecule has 0 aliphatic rings. The lowest BCUT2D eigenvalue weighted by atomic mass is 10.0. The van der Waals surface area contributed by atoms with Crippen LogP contribution < -0.4 is 5.32 Å². The third kappa shape index (κ3) is 4.02. The van der Waals surface area contributed by atoms with Crippen molar-refractivity contribution in [3.05, 3.63) is 70.5 Å². The fourth-order valence-corrected chi connectivity index (χ4v) is 3.91. The van der Waals surface area contributed by atoms with Crippen LogP contribution in [0.4, 0.5) is 18.3 Å². The van der Waals surface area contributed by atoms with Crippen LogP contribution in [0, 0.1) is 24.4 Å². The predicted molar refractivity (Wildman–Crippen MR) is 107 cm³/mol. The second kappa shape index (κ2) is 7.71. The molecule has 4 aromatic rings. The Balaban J connectivity index is 1.68. The van der Waals surface area contributed by atoms with Crippen LogP contribution in [0.1, 0.15) is 16.9 Å². The molecular weight excluding hydrogens is 399 g/mol. The number of amides is 1. The molecule has 0 atom stereocenters. The Morgan fingerprint density at radius 1 is 1.14 bits per heavy atom. The number of H-pyrrole nitrogens is 1. The number of anilines is 1. The van der Waals surface area contributed by atoms with E-state index in [1.54, 1.807) is 18.3 Å². The molecule has 2 heterocycles. The van der Waals surface area contributed by atoms with E-state index in [1.807, 2.05) is 6.92 Å². The molecule has 0 fully saturated rings. The van der Waals surface area contributed by atoms with Gasteiger partial charge in [0.15, 0.2) is 5.13 Å². The maximum Gasteiger partial charge on any atom is 0.226 e. The summed E-state index contributed by atoms with van der Waals surface area (Å²) in [6, 6.07) is 7.72. The molecule has 0 saturated heterocycles. The van der Waals surface area contributed by atoms with E-state index >= 15 is 0 Å². The van der Waals surface area contributed by atoms with Crippen LogP contribution in [-0.2, 0) is 11.2 Å². The van der Waals surface area contributed by atoms with Crippen LogP contribution in [0.2, 0.25) is 0 Å². The lowest BCUT2D eigenvalue weighted by Crippen LogP contribution is -2.12. The molecule has 4 rings (SSSR count). The molecule has 0 saturated carbocycles. The highest BCUT2D eigenvalue weighted by molar-refractivity contribution is 7.15. The number of carbonyl (C=O) groups is 1. The molecular formula is C21H16F3N3OS. The fraction of sp³-hybridized carbons (Fsp3) is 0.143. The molecule has 2 aromatic carbocycles. The van der Waals surface area contributed by atoms with Gasteiger partial charge in [0, 0.05) is 34.6 Å². The smallest absolute Gasteiger partial charge is 0.226 e. The van der Waals surface area contributed by atoms with Crippen molar-refractivity contribution in [1.29, 1.82) is 0 Å². The van der Waals surface area contributed by atoms with E-state index in [0.717, 1.165) is 10.9 Å². The molecule has 148 valence electrons. The maximum atomic E-state index is 14.3. The van der Waals surface area contributed by atoms with E-state index in [0.29, 0.717) is 27.3 Å². The van der Waals surface area contributed by atoms with Gasteiger partial charge in [-0.1, -0.05) is 0 Å². The summed E-state index contributed by atoms with van der Waals surface area (Å²) in [6.45, 7) is 1.89. The number of carbonyl (C=O) groups excluding carboxylic acids is 1. The number of aromatic nitrogens is 2. The van der Waals surface area contributed by atoms with E-state index in [9.17, 15) is 18.0 Å². The van der Waals surface area contributed by atoms with Gasteiger partial charge in [-0.2, -0.15) is 0 Å². The highest BCUT2D eigenvalue weighted by atomic mass is 32.1. The topological polar surface area (TPSA) is 57.8 Å². The quantitative estimate of drug-likeness (QED) is 0.447. The van der Waals surface area contributed by atoms with Crippen LogP contribution in [0.25, 0.3) is 22.2 Å². The van der Waals surface area contributed by atoms with Gasteiger partial charge < -0.3 is 10.3 Å². The number of rotatable bonds is 5. The molecule has 8 heteroatoms. The van der Waals surface area contributed by atoms with Crippen molar-refractivity contribution < 1.29 is 18.0 Å². The molecule has 0 radical (unpaired) electrons. The van der Waals surface area contributed by atoms with Crippen LogP contribution in [0.3, 0.4) is 0 Å². The zero-order valence-electron chi connectivity index (χ0n) is 15.4. The first-order valence-corrected chi connectivity index (χ1v) is 9.70. The normalized spacial score (nSPS) is 11.2. The first-order valence-electron chi connectivity index (χ1n) is 8.88. The minimum atomic E-state index is -0.725. The standard InChI is InChI=1S/C21H16F3N3OS/c1-11-10-25-21(29-11)26-18(28)7-6-15-16-8-14(23)9-17(24)20(16)27-19(15)12-2-4-13(22)5-3-12/h2-5,8-10,27H,6-7H2,1H3,(H,25,26,28). The van der Waals surface area contributed by atoms with Crippen LogP contribution in [0.5, 0.6) is 0 Å². The largest absolute Gasteiger partial charge is 0.352 e. The molecule has 0 aliphatic heterocycles. The molecule has 2 aromatic heterocycles. The summed E-state index contributed by atoms with van der Waals surface area (Å²) in [5.41, 5.74) is 1.89. The number of hydrogen-bond donors (Lipinski definition) is 2. The average molecular weight is 415 g/mol. The number of aromatic amines is 1. The van der Waals surface area contributed by atoms with Gasteiger partial charge in [-0.05, 0) is 54.8 Å². The van der Waals surface area contributed by atoms with Crippen molar-refractivity contribution in [1.82, 2.24) is 9.97 Å². The number of nitrogens with zero attached hydrogens (tertiary/aromatic N) is 1. The Hall–Kier alpha value is -3.13. The molecule has 29 heavy (non-hydrogen) atoms. The molecule has 1 amide bonds. The van der Waals surface area contributed by atoms with Crippen LogP contribution in [0.15, 0.2) is 42.6 Å². The number of halogens is 3. The van der Waals surface area contributed by atoms with Crippen molar-refractivity contribution >= 4 is 33.3 Å². The van der Waals surface area contributed by atoms with Gasteiger partial charge in [0.1, 0.15) is 17.5 Å². The van der Waals surface area contributed by atoms with E-state index in [-0.39, 0.29) is 24.3 Å². The van der Waals surface area contributed by atoms with E-state index < -0.39 is 17.5 Å². The van der Waals surface area contributed by atoms with Gasteiger partial charge in [0.25, 0.3) is 0 Å². The first kappa shape index (κ1) is 19.2. The van der Waals surface area contributed by atoms with Crippen LogP contribution in [-0.4, -0.2) is 15.9 Å². The van der Waals surface area contributed by atoms with E-state index in [4.69, 9.17) is 0 Å². The first-order chi connectivity index (χ1) is 13.9. The van der Waals surface area contributed by atoms with Gasteiger partial charge in [-0.3, -0.25) is 4.79 Å². The Morgan fingerprint density at radius 3 is 2.59 bits per heavy atom. The Labute approximate surface area is 168 Å². The number of benzene rings is 2. The second-order valence-corrected chi connectivity index (χ2v) is 7.85. The summed E-state index contributed by atoms with van der Waals surface area (Å²) < 4.78 is 41.4. The van der Waals surface area contributed by atoms with E-state index in [1.165, 1.54) is 29.5 Å². The molecule has 0 bridgehead atoms. The zero-order chi connectivity index (χ0) is 20.5. The van der Waals surface area contributed by atoms with Crippen molar-refractivity contribution in [3.8, 4) is 11.3 Å². The average Bonchev–Trinajstić information content (AvgIpc) is 3.24. The molecule has 4 nitrogen and oxygen atoms in total. The molecule has 0 unspecified atom stereocenters. The monoisotopic (exact) mass is 415 g/mol. The number of hydrogen-bond acceptors (Lipinski definition) is 3. The van der Waals surface area contributed by atoms with Crippen molar-refractivity contribution in [2.75, 3.05) is 5.32 Å². The number of nitrogens with one attached hydrogen (secondary N) is 2. The van der Waals surface area contributed by atoms with Gasteiger partial charge in [-0.25, -0.2) is 18.2 Å². The summed E-state index contributed by atoms with van der Waals surface area (Å²) >= 11 is 1.36. The highest BCUT2D eigenvalue weighted by Crippen LogP contribution is 2.33. The Morgan fingerprint density at radius 2 is 1.90 bits per heavy atom.